The van der Waals surface area contributed by atoms with Crippen LogP contribution in [0.25, 0.3) is 10.9 Å². The number of halogens is 6. The Bertz CT molecular complexity index is 2220. The van der Waals surface area contributed by atoms with E-state index in [2.05, 4.69) is 9.80 Å². The number of aliphatic hydroxyl groups is 4. The zero-order valence-corrected chi connectivity index (χ0v) is 48.5. The molecule has 15 N–H and O–H groups in total. The van der Waals surface area contributed by atoms with E-state index in [0.29, 0.717) is 48.6 Å². The number of piperidine rings is 1. The van der Waals surface area contributed by atoms with Crippen LogP contribution in [-0.2, 0) is 23.7 Å². The van der Waals surface area contributed by atoms with Gasteiger partial charge in [0.25, 0.3) is 0 Å². The SMILES string of the molecule is COc1c(N2C[C@@H]3CCCN(CCCCCCCCCCCCOC[C@H]4O[C@H](O[C@@H]5[C@@H](O)[C@H](O[C@H]6O[C@H](CN)[C@@H](O)C[C@H]6N)[C@@H](N)C[C@H]5N)[C@H](O)[C@@H](N)[C@@H]4O)[C@@H]3C2)c(F)cc2c(=O)c(C(=O)O)cn(C3CC3)c12.Cl.Cl.Cl.Cl.Cl. The van der Waals surface area contributed by atoms with Crippen molar-refractivity contribution < 1.29 is 63.1 Å². The highest BCUT2D eigenvalue weighted by atomic mass is 35.5. The minimum atomic E-state index is -1.43. The molecule has 2 aromatic rings. The number of hydrogen-bond donors (Lipinski definition) is 10. The summed E-state index contributed by atoms with van der Waals surface area (Å²) in [6, 6.07) is -1.72. The number of aromatic nitrogens is 1. The highest BCUT2D eigenvalue weighted by Gasteiger charge is 2.51. The molecule has 8 rings (SSSR count). The maximum atomic E-state index is 16.1. The van der Waals surface area contributed by atoms with Crippen LogP contribution in [0.15, 0.2) is 17.1 Å². The molecule has 1 aromatic heterocycles. The van der Waals surface area contributed by atoms with Crippen molar-refractivity contribution in [1.29, 1.82) is 0 Å². The molecule has 6 aliphatic rings. The van der Waals surface area contributed by atoms with Gasteiger partial charge in [-0.05, 0) is 76.4 Å². The predicted octanol–water partition coefficient (Wildman–Crippen LogP) is 2.84. The highest BCUT2D eigenvalue weighted by molar-refractivity contribution is 5.97. The van der Waals surface area contributed by atoms with Gasteiger partial charge < -0.3 is 92.1 Å². The maximum Gasteiger partial charge on any atom is 0.341 e. The number of nitrogens with two attached hydrogens (primary N) is 5. The van der Waals surface area contributed by atoms with Crippen molar-refractivity contribution >= 4 is 84.6 Å². The quantitative estimate of drug-likeness (QED) is 0.0676. The Morgan fingerprint density at radius 1 is 0.769 bits per heavy atom. The number of nitrogens with zero attached hydrogens (tertiary/aromatic N) is 3. The first-order valence-corrected chi connectivity index (χ1v) is 26.9. The summed E-state index contributed by atoms with van der Waals surface area (Å²) in [6.45, 7) is 3.92. The molecule has 4 saturated heterocycles. The van der Waals surface area contributed by atoms with Crippen molar-refractivity contribution in [2.24, 2.45) is 34.6 Å². The maximum absolute atomic E-state index is 16.1. The Balaban J connectivity index is 0.00000320. The van der Waals surface area contributed by atoms with Crippen LogP contribution in [-0.4, -0.2) is 186 Å². The second-order valence-corrected chi connectivity index (χ2v) is 21.6. The van der Waals surface area contributed by atoms with Crippen molar-refractivity contribution in [2.45, 2.75) is 200 Å². The summed E-state index contributed by atoms with van der Waals surface area (Å²) < 4.78 is 53.6. The lowest BCUT2D eigenvalue weighted by atomic mass is 9.84. The monoisotopic (exact) mass is 1210 g/mol. The first kappa shape index (κ1) is 70.5. The average Bonchev–Trinajstić information content (AvgIpc) is 4.12. The minimum absolute atomic E-state index is 0. The summed E-state index contributed by atoms with van der Waals surface area (Å²) in [5.74, 6) is -1.19. The topological polar surface area (TPSA) is 332 Å². The number of rotatable bonds is 24. The molecule has 6 fully saturated rings. The smallest absolute Gasteiger partial charge is 0.341 e. The second-order valence-electron chi connectivity index (χ2n) is 21.6. The van der Waals surface area contributed by atoms with E-state index >= 15 is 4.39 Å². The third kappa shape index (κ3) is 16.3. The number of carboxylic acid groups (broad SMARTS) is 1. The van der Waals surface area contributed by atoms with E-state index in [9.17, 15) is 35.1 Å². The molecule has 2 aliphatic carbocycles. The lowest BCUT2D eigenvalue weighted by Gasteiger charge is -2.48. The van der Waals surface area contributed by atoms with Gasteiger partial charge in [0, 0.05) is 56.6 Å². The van der Waals surface area contributed by atoms with Gasteiger partial charge in [0.15, 0.2) is 24.1 Å². The van der Waals surface area contributed by atoms with Gasteiger partial charge in [-0.15, -0.1) is 62.0 Å². The normalized spacial score (nSPS) is 32.9. The van der Waals surface area contributed by atoms with Crippen LogP contribution in [0.1, 0.15) is 119 Å². The lowest BCUT2D eigenvalue weighted by molar-refractivity contribution is -0.315. The van der Waals surface area contributed by atoms with Gasteiger partial charge in [-0.2, -0.15) is 0 Å². The number of carbonyl (C=O) groups is 1. The fourth-order valence-electron chi connectivity index (χ4n) is 12.0. The molecule has 5 heterocycles. The standard InChI is InChI=1S/C51H83FN8O13.5ClH/c1-68-48-40-29(42(62)30(49(66)67)24-60(40)28-14-15-28)19-31(52)41(48)59-23-27-13-12-17-58(35(27)25-59)16-10-8-6-4-2-3-5-7-9-11-18-69-26-38-43(63)39(57)44(64)51(71-38)73-47-33(55)20-32(54)46(45(47)65)72-50-34(56)21-36(61)37(22-53)70-50;;;;;/h19,24,27-28,32-39,43-47,50-51,61,63-65H,2-18,20-23,25-26,53-57H2,1H3,(H,66,67);5*1H/t27-,32-,33+,34+,35+,36-,37+,38+,39-,43+,44+,45-,46+,47-,50+,51+;;;;;/m0...../s1. The number of benzene rings is 1. The number of aliphatic hydroxyl groups excluding tert-OH is 4. The van der Waals surface area contributed by atoms with Crippen molar-refractivity contribution in [3.8, 4) is 5.75 Å². The number of hydrogen-bond acceptors (Lipinski definition) is 19. The van der Waals surface area contributed by atoms with Crippen molar-refractivity contribution in [1.82, 2.24) is 9.47 Å². The molecular formula is C51H88Cl5FN8O13. The largest absolute Gasteiger partial charge is 0.492 e. The number of fused-ring (bicyclic) bond motifs is 2. The van der Waals surface area contributed by atoms with Crippen LogP contribution in [0, 0.1) is 11.7 Å². The lowest BCUT2D eigenvalue weighted by Crippen LogP contribution is -2.68. The van der Waals surface area contributed by atoms with E-state index in [1.807, 2.05) is 4.57 Å². The number of methoxy groups -OCH3 is 1. The Labute approximate surface area is 487 Å². The molecule has 2 saturated carbocycles. The van der Waals surface area contributed by atoms with Crippen LogP contribution in [0.5, 0.6) is 5.75 Å². The third-order valence-electron chi connectivity index (χ3n) is 16.3. The molecule has 0 bridgehead atoms. The number of likely N-dealkylation sites (tertiary alicyclic amines) is 1. The van der Waals surface area contributed by atoms with Crippen molar-refractivity contribution in [3.63, 3.8) is 0 Å². The average molecular weight is 1220 g/mol. The first-order valence-electron chi connectivity index (χ1n) is 26.9. The van der Waals surface area contributed by atoms with E-state index in [1.54, 1.807) is 0 Å². The summed E-state index contributed by atoms with van der Waals surface area (Å²) in [5.41, 5.74) is 30.7. The van der Waals surface area contributed by atoms with Crippen LogP contribution in [0.4, 0.5) is 10.1 Å². The van der Waals surface area contributed by atoms with E-state index in [0.717, 1.165) is 77.3 Å². The summed E-state index contributed by atoms with van der Waals surface area (Å²) >= 11 is 0. The van der Waals surface area contributed by atoms with E-state index in [4.69, 9.17) is 57.1 Å². The fourth-order valence-corrected chi connectivity index (χ4v) is 12.0. The molecule has 0 amide bonds. The molecule has 21 nitrogen and oxygen atoms in total. The molecule has 78 heavy (non-hydrogen) atoms. The Morgan fingerprint density at radius 3 is 1.97 bits per heavy atom. The van der Waals surface area contributed by atoms with Crippen LogP contribution in [0.3, 0.4) is 0 Å². The second kappa shape index (κ2) is 32.4. The molecule has 452 valence electrons. The van der Waals surface area contributed by atoms with Crippen LogP contribution >= 0.6 is 62.0 Å². The number of anilines is 1. The molecule has 27 heteroatoms. The number of aromatic carboxylic acids is 1. The zero-order chi connectivity index (χ0) is 52.1. The summed E-state index contributed by atoms with van der Waals surface area (Å²) in [7, 11) is 1.49. The predicted molar refractivity (Wildman–Crippen MR) is 305 cm³/mol. The Morgan fingerprint density at radius 2 is 1.37 bits per heavy atom. The third-order valence-corrected chi connectivity index (χ3v) is 16.3. The van der Waals surface area contributed by atoms with Gasteiger partial charge in [0.05, 0.1) is 48.9 Å². The molecular weight excluding hydrogens is 1130 g/mol. The highest BCUT2D eigenvalue weighted by Crippen LogP contribution is 2.46. The van der Waals surface area contributed by atoms with Crippen molar-refractivity contribution in [2.75, 3.05) is 57.9 Å². The van der Waals surface area contributed by atoms with Crippen LogP contribution in [0.2, 0.25) is 0 Å². The summed E-state index contributed by atoms with van der Waals surface area (Å²) in [4.78, 5) is 29.8. The molecule has 0 unspecified atom stereocenters. The number of carboxylic acids is 1. The van der Waals surface area contributed by atoms with Crippen LogP contribution < -0.4 is 43.7 Å². The van der Waals surface area contributed by atoms with E-state index in [-0.39, 0.29) is 105 Å². The van der Waals surface area contributed by atoms with Gasteiger partial charge in [0.1, 0.15) is 47.9 Å². The number of unbranched alkanes of at least 4 members (excludes halogenated alkanes) is 9. The van der Waals surface area contributed by atoms with Gasteiger partial charge in [-0.3, -0.25) is 9.69 Å². The molecule has 4 aliphatic heterocycles. The van der Waals surface area contributed by atoms with Gasteiger partial charge in [-0.25, -0.2) is 9.18 Å². The van der Waals surface area contributed by atoms with Gasteiger partial charge >= 0.3 is 5.97 Å². The molecule has 0 spiro atoms. The number of pyridine rings is 1. The first-order chi connectivity index (χ1) is 35.1. The number of ether oxygens (including phenoxy) is 6. The van der Waals surface area contributed by atoms with Gasteiger partial charge in [0.2, 0.25) is 5.43 Å². The minimum Gasteiger partial charge on any atom is -0.492 e. The molecule has 0 radical (unpaired) electrons. The molecule has 1 aromatic carbocycles. The Kier molecular flexibility index (Phi) is 29.3. The summed E-state index contributed by atoms with van der Waals surface area (Å²) in [5, 5.41) is 53.2. The Hall–Kier alpha value is -1.72. The van der Waals surface area contributed by atoms with E-state index < -0.39 is 103 Å². The van der Waals surface area contributed by atoms with E-state index in [1.165, 1.54) is 45.1 Å². The molecule has 16 atom stereocenters. The fraction of sp³-hybridized carbons (Fsp3) is 0.804. The van der Waals surface area contributed by atoms with Gasteiger partial charge in [-0.1, -0.05) is 51.4 Å². The zero-order valence-electron chi connectivity index (χ0n) is 44.4. The summed E-state index contributed by atoms with van der Waals surface area (Å²) in [6.07, 6.45) is 5.76. The van der Waals surface area contributed by atoms with Crippen molar-refractivity contribution in [3.05, 3.63) is 33.9 Å².